The summed E-state index contributed by atoms with van der Waals surface area (Å²) < 4.78 is 5.16. The van der Waals surface area contributed by atoms with Gasteiger partial charge in [0.05, 0.1) is 4.92 Å². The van der Waals surface area contributed by atoms with Crippen molar-refractivity contribution < 1.29 is 19.6 Å². The van der Waals surface area contributed by atoms with Crippen LogP contribution >= 0.6 is 11.6 Å². The van der Waals surface area contributed by atoms with Crippen LogP contribution in [-0.2, 0) is 4.79 Å². The van der Waals surface area contributed by atoms with Crippen LogP contribution in [0.4, 0.5) is 5.69 Å². The zero-order valence-electron chi connectivity index (χ0n) is 9.63. The first-order valence-corrected chi connectivity index (χ1v) is 5.67. The molecule has 1 atom stereocenters. The van der Waals surface area contributed by atoms with E-state index in [9.17, 15) is 14.9 Å². The van der Waals surface area contributed by atoms with Crippen LogP contribution in [0.5, 0.6) is 5.75 Å². The molecule has 1 aromatic carbocycles. The smallest absolute Gasteiger partial charge is 0.344 e. The topological polar surface area (TPSA) is 89.7 Å². The molecule has 1 unspecified atom stereocenters. The predicted octanol–water partition coefficient (Wildman–Crippen LogP) is 2.88. The van der Waals surface area contributed by atoms with Crippen LogP contribution in [0.2, 0.25) is 5.02 Å². The summed E-state index contributed by atoms with van der Waals surface area (Å²) in [6.45, 7) is 1.80. The fourth-order valence-corrected chi connectivity index (χ4v) is 1.54. The van der Waals surface area contributed by atoms with Gasteiger partial charge in [-0.05, 0) is 12.5 Å². The van der Waals surface area contributed by atoms with Crippen molar-refractivity contribution >= 4 is 23.3 Å². The number of nitrogens with zero attached hydrogens (tertiary/aromatic N) is 1. The van der Waals surface area contributed by atoms with Gasteiger partial charge in [-0.15, -0.1) is 0 Å². The standard InChI is InChI=1S/C11H12ClNO5/c1-2-3-9(11(14)15)18-10-6-7(12)4-5-8(10)13(16)17/h4-6,9H,2-3H2,1H3,(H,14,15). The molecule has 0 aliphatic carbocycles. The maximum Gasteiger partial charge on any atom is 0.344 e. The molecule has 1 rings (SSSR count). The van der Waals surface area contributed by atoms with Gasteiger partial charge in [-0.3, -0.25) is 10.1 Å². The molecule has 0 saturated heterocycles. The van der Waals surface area contributed by atoms with Crippen molar-refractivity contribution in [2.75, 3.05) is 0 Å². The predicted molar refractivity (Wildman–Crippen MR) is 65.1 cm³/mol. The molecular formula is C11H12ClNO5. The quantitative estimate of drug-likeness (QED) is 0.636. The normalized spacial score (nSPS) is 11.9. The van der Waals surface area contributed by atoms with E-state index in [1.54, 1.807) is 6.92 Å². The molecule has 0 radical (unpaired) electrons. The average Bonchev–Trinajstić information content (AvgIpc) is 2.28. The third kappa shape index (κ3) is 3.59. The van der Waals surface area contributed by atoms with Crippen LogP contribution in [0.25, 0.3) is 0 Å². The van der Waals surface area contributed by atoms with Crippen LogP contribution in [0, 0.1) is 10.1 Å². The van der Waals surface area contributed by atoms with Gasteiger partial charge in [0.15, 0.2) is 11.9 Å². The van der Waals surface area contributed by atoms with Crippen molar-refractivity contribution in [2.45, 2.75) is 25.9 Å². The number of nitro benzene ring substituents is 1. The Morgan fingerprint density at radius 2 is 2.28 bits per heavy atom. The van der Waals surface area contributed by atoms with E-state index in [0.717, 1.165) is 0 Å². The van der Waals surface area contributed by atoms with Gasteiger partial charge in [0.1, 0.15) is 0 Å². The maximum atomic E-state index is 10.9. The van der Waals surface area contributed by atoms with E-state index >= 15 is 0 Å². The number of ether oxygens (including phenoxy) is 1. The summed E-state index contributed by atoms with van der Waals surface area (Å²) in [6.07, 6.45) is -0.267. The molecule has 0 aliphatic heterocycles. The molecule has 0 bridgehead atoms. The Bertz CT molecular complexity index is 463. The second kappa shape index (κ2) is 6.20. The van der Waals surface area contributed by atoms with E-state index in [-0.39, 0.29) is 22.9 Å². The second-order valence-electron chi connectivity index (χ2n) is 3.60. The second-order valence-corrected chi connectivity index (χ2v) is 4.04. The van der Waals surface area contributed by atoms with Gasteiger partial charge < -0.3 is 9.84 Å². The van der Waals surface area contributed by atoms with Crippen LogP contribution in [0.15, 0.2) is 18.2 Å². The molecular weight excluding hydrogens is 262 g/mol. The Balaban J connectivity index is 3.03. The molecule has 0 fully saturated rings. The average molecular weight is 274 g/mol. The summed E-state index contributed by atoms with van der Waals surface area (Å²) >= 11 is 5.71. The molecule has 1 N–H and O–H groups in total. The summed E-state index contributed by atoms with van der Waals surface area (Å²) in [5.41, 5.74) is -0.304. The van der Waals surface area contributed by atoms with Crippen molar-refractivity contribution in [3.63, 3.8) is 0 Å². The van der Waals surface area contributed by atoms with Gasteiger partial charge in [-0.1, -0.05) is 24.9 Å². The minimum atomic E-state index is -1.16. The molecule has 6 nitrogen and oxygen atoms in total. The van der Waals surface area contributed by atoms with Gasteiger partial charge in [-0.25, -0.2) is 4.79 Å². The van der Waals surface area contributed by atoms with Gasteiger partial charge in [0, 0.05) is 17.2 Å². The van der Waals surface area contributed by atoms with E-state index in [1.807, 2.05) is 0 Å². The summed E-state index contributed by atoms with van der Waals surface area (Å²) in [7, 11) is 0. The van der Waals surface area contributed by atoms with E-state index < -0.39 is 17.0 Å². The maximum absolute atomic E-state index is 10.9. The number of nitro groups is 1. The Labute approximate surface area is 108 Å². The fourth-order valence-electron chi connectivity index (χ4n) is 1.38. The molecule has 0 spiro atoms. The van der Waals surface area contributed by atoms with Gasteiger partial charge in [-0.2, -0.15) is 0 Å². The van der Waals surface area contributed by atoms with E-state index in [0.29, 0.717) is 6.42 Å². The molecule has 1 aromatic rings. The number of carboxylic acid groups (broad SMARTS) is 1. The monoisotopic (exact) mass is 273 g/mol. The molecule has 0 heterocycles. The van der Waals surface area contributed by atoms with Crippen molar-refractivity contribution in [3.8, 4) is 5.75 Å². The van der Waals surface area contributed by atoms with Gasteiger partial charge >= 0.3 is 11.7 Å². The van der Waals surface area contributed by atoms with Crippen molar-refractivity contribution in [2.24, 2.45) is 0 Å². The first kappa shape index (κ1) is 14.2. The fraction of sp³-hybridized carbons (Fsp3) is 0.364. The third-order valence-corrected chi connectivity index (χ3v) is 2.45. The van der Waals surface area contributed by atoms with E-state index in [2.05, 4.69) is 0 Å². The zero-order valence-corrected chi connectivity index (χ0v) is 10.4. The highest BCUT2D eigenvalue weighted by molar-refractivity contribution is 6.30. The lowest BCUT2D eigenvalue weighted by atomic mass is 10.2. The highest BCUT2D eigenvalue weighted by Crippen LogP contribution is 2.31. The zero-order chi connectivity index (χ0) is 13.7. The molecule has 0 aromatic heterocycles. The molecule has 98 valence electrons. The number of halogens is 1. The molecule has 0 aliphatic rings. The van der Waals surface area contributed by atoms with Gasteiger partial charge in [0.25, 0.3) is 0 Å². The highest BCUT2D eigenvalue weighted by atomic mass is 35.5. The van der Waals surface area contributed by atoms with Gasteiger partial charge in [0.2, 0.25) is 0 Å². The number of carboxylic acids is 1. The van der Waals surface area contributed by atoms with Crippen molar-refractivity contribution in [1.29, 1.82) is 0 Å². The third-order valence-electron chi connectivity index (χ3n) is 2.21. The SMILES string of the molecule is CCCC(Oc1cc(Cl)ccc1[N+](=O)[O-])C(=O)O. The van der Waals surface area contributed by atoms with Crippen molar-refractivity contribution in [1.82, 2.24) is 0 Å². The summed E-state index contributed by atoms with van der Waals surface area (Å²) in [5.74, 6) is -1.29. The van der Waals surface area contributed by atoms with Crippen LogP contribution < -0.4 is 4.74 Å². The minimum absolute atomic E-state index is 0.131. The number of carbonyl (C=O) groups is 1. The molecule has 18 heavy (non-hydrogen) atoms. The number of aliphatic carboxylic acids is 1. The first-order chi connectivity index (χ1) is 8.45. The van der Waals surface area contributed by atoms with Crippen LogP contribution in [0.1, 0.15) is 19.8 Å². The summed E-state index contributed by atoms with van der Waals surface area (Å²) in [6, 6.07) is 3.77. The molecule has 0 amide bonds. The number of benzene rings is 1. The van der Waals surface area contributed by atoms with E-state index in [1.165, 1.54) is 18.2 Å². The largest absolute Gasteiger partial charge is 0.479 e. The lowest BCUT2D eigenvalue weighted by Gasteiger charge is -2.14. The lowest BCUT2D eigenvalue weighted by Crippen LogP contribution is -2.27. The van der Waals surface area contributed by atoms with Crippen molar-refractivity contribution in [3.05, 3.63) is 33.3 Å². The van der Waals surface area contributed by atoms with Crippen LogP contribution in [-0.4, -0.2) is 22.1 Å². The molecule has 0 saturated carbocycles. The Morgan fingerprint density at radius 1 is 1.61 bits per heavy atom. The number of rotatable bonds is 6. The number of hydrogen-bond donors (Lipinski definition) is 1. The Kier molecular flexibility index (Phi) is 4.91. The minimum Gasteiger partial charge on any atom is -0.479 e. The Hall–Kier alpha value is -1.82. The highest BCUT2D eigenvalue weighted by Gasteiger charge is 2.23. The summed E-state index contributed by atoms with van der Waals surface area (Å²) in [4.78, 5) is 21.1. The lowest BCUT2D eigenvalue weighted by molar-refractivity contribution is -0.386. The van der Waals surface area contributed by atoms with Crippen LogP contribution in [0.3, 0.4) is 0 Å². The Morgan fingerprint density at radius 3 is 2.78 bits per heavy atom. The van der Waals surface area contributed by atoms with E-state index in [4.69, 9.17) is 21.4 Å². The summed E-state index contributed by atoms with van der Waals surface area (Å²) in [5, 5.41) is 20.0. The number of hydrogen-bond acceptors (Lipinski definition) is 4. The molecule has 7 heteroatoms. The first-order valence-electron chi connectivity index (χ1n) is 5.29.